The minimum atomic E-state index is -0.151. The second kappa shape index (κ2) is 7.73. The summed E-state index contributed by atoms with van der Waals surface area (Å²) >= 11 is 6.17. The molecule has 4 nitrogen and oxygen atoms in total. The van der Waals surface area contributed by atoms with Crippen molar-refractivity contribution in [3.63, 3.8) is 0 Å². The van der Waals surface area contributed by atoms with Crippen LogP contribution >= 0.6 is 11.6 Å². The molecule has 0 unspecified atom stereocenters. The van der Waals surface area contributed by atoms with Crippen molar-refractivity contribution in [1.29, 1.82) is 0 Å². The summed E-state index contributed by atoms with van der Waals surface area (Å²) in [6, 6.07) is 20.5. The highest BCUT2D eigenvalue weighted by molar-refractivity contribution is 6.31. The van der Waals surface area contributed by atoms with E-state index < -0.39 is 0 Å². The minimum Gasteiger partial charge on any atom is -0.489 e. The Morgan fingerprint density at radius 1 is 1.00 bits per heavy atom. The lowest BCUT2D eigenvalue weighted by molar-refractivity contribution is 0.101. The molecule has 5 rings (SSSR count). The number of carbonyl (C=O) groups is 1. The number of halogens is 1. The van der Waals surface area contributed by atoms with Gasteiger partial charge >= 0.3 is 0 Å². The molecule has 148 valence electrons. The van der Waals surface area contributed by atoms with Gasteiger partial charge < -0.3 is 14.2 Å². The van der Waals surface area contributed by atoms with E-state index in [1.807, 2.05) is 54.6 Å². The van der Waals surface area contributed by atoms with Crippen LogP contribution in [0.15, 0.2) is 84.1 Å². The maximum Gasteiger partial charge on any atom is 0.231 e. The number of benzene rings is 3. The van der Waals surface area contributed by atoms with E-state index in [0.717, 1.165) is 22.4 Å². The zero-order chi connectivity index (χ0) is 20.5. The van der Waals surface area contributed by atoms with Gasteiger partial charge in [-0.05, 0) is 42.0 Å². The van der Waals surface area contributed by atoms with Crippen LogP contribution in [0.1, 0.15) is 21.5 Å². The monoisotopic (exact) mass is 416 g/mol. The molecule has 3 aromatic carbocycles. The Kier molecular flexibility index (Phi) is 4.77. The molecule has 0 N–H and O–H groups in total. The van der Waals surface area contributed by atoms with Gasteiger partial charge in [-0.15, -0.1) is 0 Å². The quantitative estimate of drug-likeness (QED) is 0.500. The average molecular weight is 417 g/mol. The first-order chi connectivity index (χ1) is 14.7. The highest BCUT2D eigenvalue weighted by Crippen LogP contribution is 2.36. The number of para-hydroxylation sites is 1. The van der Waals surface area contributed by atoms with E-state index in [1.54, 1.807) is 24.3 Å². The Labute approximate surface area is 179 Å². The van der Waals surface area contributed by atoms with Gasteiger partial charge in [-0.1, -0.05) is 48.0 Å². The Hall–Kier alpha value is -3.50. The average Bonchev–Trinajstić information content (AvgIpc) is 3.07. The molecule has 0 saturated carbocycles. The normalized spacial score (nSPS) is 15.7. The molecule has 2 aliphatic rings. The van der Waals surface area contributed by atoms with E-state index in [4.69, 9.17) is 25.8 Å². The second-order valence-corrected chi connectivity index (χ2v) is 7.43. The Morgan fingerprint density at radius 3 is 2.73 bits per heavy atom. The van der Waals surface area contributed by atoms with Gasteiger partial charge in [0.1, 0.15) is 30.5 Å². The molecule has 0 saturated heterocycles. The minimum absolute atomic E-state index is 0.151. The molecule has 0 aromatic heterocycles. The third-order valence-electron chi connectivity index (χ3n) is 4.96. The van der Waals surface area contributed by atoms with Gasteiger partial charge in [0.15, 0.2) is 5.76 Å². The summed E-state index contributed by atoms with van der Waals surface area (Å²) in [5.41, 5.74) is 3.26. The van der Waals surface area contributed by atoms with Crippen molar-refractivity contribution in [3.05, 3.63) is 106 Å². The van der Waals surface area contributed by atoms with Gasteiger partial charge in [-0.3, -0.25) is 4.79 Å². The van der Waals surface area contributed by atoms with Crippen LogP contribution in [0.4, 0.5) is 0 Å². The first-order valence-corrected chi connectivity index (χ1v) is 9.92. The zero-order valence-corrected chi connectivity index (χ0v) is 16.7. The molecule has 3 aromatic rings. The number of carbonyl (C=O) groups excluding carboxylic acids is 1. The first kappa shape index (κ1) is 18.5. The Morgan fingerprint density at radius 2 is 1.83 bits per heavy atom. The predicted molar refractivity (Wildman–Crippen MR) is 115 cm³/mol. The van der Waals surface area contributed by atoms with Crippen LogP contribution in [0.3, 0.4) is 0 Å². The number of allylic oxidation sites excluding steroid dienone is 1. The van der Waals surface area contributed by atoms with E-state index in [1.165, 1.54) is 0 Å². The van der Waals surface area contributed by atoms with E-state index in [2.05, 4.69) is 0 Å². The molecule has 0 amide bonds. The molecule has 5 heteroatoms. The fourth-order valence-corrected chi connectivity index (χ4v) is 3.61. The summed E-state index contributed by atoms with van der Waals surface area (Å²) in [6.07, 6.45) is 3.74. The van der Waals surface area contributed by atoms with Crippen LogP contribution in [0, 0.1) is 0 Å². The van der Waals surface area contributed by atoms with Gasteiger partial charge in [-0.2, -0.15) is 0 Å². The number of hydrogen-bond donors (Lipinski definition) is 0. The molecular weight excluding hydrogens is 400 g/mol. The van der Waals surface area contributed by atoms with Crippen LogP contribution in [-0.4, -0.2) is 12.4 Å². The molecule has 0 radical (unpaired) electrons. The van der Waals surface area contributed by atoms with Crippen molar-refractivity contribution in [2.45, 2.75) is 6.61 Å². The number of Topliss-reactive ketones (excluding diaryl/α,β-unsaturated/α-hetero) is 1. The number of fused-ring (bicyclic) bond motifs is 2. The molecule has 0 aliphatic carbocycles. The topological polar surface area (TPSA) is 44.8 Å². The van der Waals surface area contributed by atoms with Crippen molar-refractivity contribution in [1.82, 2.24) is 0 Å². The Balaban J connectivity index is 1.34. The van der Waals surface area contributed by atoms with Crippen molar-refractivity contribution < 1.29 is 19.0 Å². The van der Waals surface area contributed by atoms with Crippen molar-refractivity contribution in [2.24, 2.45) is 0 Å². The van der Waals surface area contributed by atoms with Crippen LogP contribution < -0.4 is 14.2 Å². The molecule has 0 fully saturated rings. The standard InChI is InChI=1S/C25H17ClO4/c26-21-7-3-1-6-18(21)15-28-19-9-10-20-23(13-19)30-24(25(20)27)12-16-11-17-5-2-4-8-22(17)29-14-16/h1-13H,14-15H2/b24-12-. The SMILES string of the molecule is O=C1/C(=C/C2=Cc3ccccc3OC2)Oc2cc(OCc3ccccc3Cl)ccc21. The number of ether oxygens (including phenoxy) is 3. The first-order valence-electron chi connectivity index (χ1n) is 9.54. The molecule has 0 bridgehead atoms. The highest BCUT2D eigenvalue weighted by atomic mass is 35.5. The van der Waals surface area contributed by atoms with Gasteiger partial charge in [0.2, 0.25) is 5.78 Å². The Bertz CT molecular complexity index is 1210. The largest absolute Gasteiger partial charge is 0.489 e. The fraction of sp³-hybridized carbons (Fsp3) is 0.0800. The molecule has 2 aliphatic heterocycles. The highest BCUT2D eigenvalue weighted by Gasteiger charge is 2.28. The number of rotatable bonds is 4. The van der Waals surface area contributed by atoms with E-state index in [-0.39, 0.29) is 11.5 Å². The van der Waals surface area contributed by atoms with Gasteiger partial charge in [0.25, 0.3) is 0 Å². The third-order valence-corrected chi connectivity index (χ3v) is 5.33. The lowest BCUT2D eigenvalue weighted by Gasteiger charge is -2.15. The summed E-state index contributed by atoms with van der Waals surface area (Å²) in [5, 5.41) is 0.653. The smallest absolute Gasteiger partial charge is 0.231 e. The van der Waals surface area contributed by atoms with Crippen LogP contribution in [0.25, 0.3) is 6.08 Å². The summed E-state index contributed by atoms with van der Waals surface area (Å²) in [6.45, 7) is 0.721. The number of ketones is 1. The maximum absolute atomic E-state index is 12.7. The van der Waals surface area contributed by atoms with Crippen molar-refractivity contribution >= 4 is 23.5 Å². The third kappa shape index (κ3) is 3.58. The summed E-state index contributed by atoms with van der Waals surface area (Å²) in [7, 11) is 0. The molecule has 30 heavy (non-hydrogen) atoms. The van der Waals surface area contributed by atoms with Gasteiger partial charge in [0.05, 0.1) is 5.56 Å². The zero-order valence-electron chi connectivity index (χ0n) is 15.9. The molecule has 0 atom stereocenters. The van der Waals surface area contributed by atoms with E-state index in [9.17, 15) is 4.79 Å². The van der Waals surface area contributed by atoms with E-state index in [0.29, 0.717) is 35.3 Å². The molecule has 2 heterocycles. The van der Waals surface area contributed by atoms with Crippen molar-refractivity contribution in [3.8, 4) is 17.2 Å². The summed E-state index contributed by atoms with van der Waals surface area (Å²) < 4.78 is 17.4. The fourth-order valence-electron chi connectivity index (χ4n) is 3.42. The predicted octanol–water partition coefficient (Wildman–Crippen LogP) is 5.85. The second-order valence-electron chi connectivity index (χ2n) is 7.02. The van der Waals surface area contributed by atoms with Gasteiger partial charge in [-0.25, -0.2) is 0 Å². The lowest BCUT2D eigenvalue weighted by atomic mass is 10.1. The maximum atomic E-state index is 12.7. The molecule has 0 spiro atoms. The van der Waals surface area contributed by atoms with Crippen LogP contribution in [0.2, 0.25) is 5.02 Å². The van der Waals surface area contributed by atoms with Crippen LogP contribution in [0.5, 0.6) is 17.2 Å². The van der Waals surface area contributed by atoms with E-state index >= 15 is 0 Å². The van der Waals surface area contributed by atoms with Crippen LogP contribution in [-0.2, 0) is 6.61 Å². The van der Waals surface area contributed by atoms with Crippen molar-refractivity contribution in [2.75, 3.05) is 6.61 Å². The lowest BCUT2D eigenvalue weighted by Crippen LogP contribution is -2.08. The molecular formula is C25H17ClO4. The summed E-state index contributed by atoms with van der Waals surface area (Å²) in [5.74, 6) is 2.06. The number of hydrogen-bond acceptors (Lipinski definition) is 4. The summed E-state index contributed by atoms with van der Waals surface area (Å²) in [4.78, 5) is 12.7. The van der Waals surface area contributed by atoms with Gasteiger partial charge in [0, 0.05) is 22.2 Å².